The van der Waals surface area contributed by atoms with Crippen LogP contribution in [-0.2, 0) is 19.1 Å². The Morgan fingerprint density at radius 2 is 1.75 bits per heavy atom. The van der Waals surface area contributed by atoms with E-state index >= 15 is 0 Å². The van der Waals surface area contributed by atoms with Crippen LogP contribution in [0.3, 0.4) is 0 Å². The fraction of sp³-hybridized carbons (Fsp3) is 0.600. The number of carbonyl (C=O) groups is 2. The summed E-state index contributed by atoms with van der Waals surface area (Å²) in [6.45, 7) is 2.68. The monoisotopic (exact) mass is 446 g/mol. The zero-order valence-electron chi connectivity index (χ0n) is 18.7. The molecule has 1 aromatic carbocycles. The summed E-state index contributed by atoms with van der Waals surface area (Å²) in [6, 6.07) is 6.90. The molecule has 0 amide bonds. The van der Waals surface area contributed by atoms with E-state index in [0.717, 1.165) is 5.92 Å². The van der Waals surface area contributed by atoms with E-state index in [-0.39, 0.29) is 0 Å². The van der Waals surface area contributed by atoms with Crippen LogP contribution in [0.1, 0.15) is 70.1 Å². The number of ether oxygens (including phenoxy) is 3. The third-order valence-electron chi connectivity index (χ3n) is 6.29. The lowest BCUT2D eigenvalue weighted by Gasteiger charge is -2.26. The lowest BCUT2D eigenvalue weighted by atomic mass is 9.79. The summed E-state index contributed by atoms with van der Waals surface area (Å²) in [7, 11) is 0. The van der Waals surface area contributed by atoms with Crippen LogP contribution in [0.15, 0.2) is 36.4 Å². The van der Waals surface area contributed by atoms with Gasteiger partial charge < -0.3 is 24.4 Å². The van der Waals surface area contributed by atoms with Gasteiger partial charge in [-0.05, 0) is 49.7 Å². The summed E-state index contributed by atoms with van der Waals surface area (Å²) < 4.78 is 16.4. The normalized spacial score (nSPS) is 26.4. The molecular formula is C25H34O7. The molecule has 1 saturated carbocycles. The quantitative estimate of drug-likeness (QED) is 0.366. The van der Waals surface area contributed by atoms with Gasteiger partial charge in [0.25, 0.3) is 0 Å². The molecule has 0 spiro atoms. The molecule has 2 aliphatic rings. The van der Waals surface area contributed by atoms with Crippen LogP contribution < -0.4 is 4.74 Å². The molecule has 1 aromatic rings. The van der Waals surface area contributed by atoms with Crippen LogP contribution in [-0.4, -0.2) is 41.0 Å². The molecule has 1 aliphatic heterocycles. The number of hydrogen-bond acceptors (Lipinski definition) is 5. The number of rotatable bonds is 11. The number of allylic oxidation sites excluding steroid dienone is 1. The van der Waals surface area contributed by atoms with Crippen LogP contribution in [0.5, 0.6) is 5.75 Å². The van der Waals surface area contributed by atoms with E-state index in [9.17, 15) is 9.59 Å². The maximum atomic E-state index is 11.2. The summed E-state index contributed by atoms with van der Waals surface area (Å²) in [5.74, 6) is -0.635. The molecule has 0 bridgehead atoms. The molecule has 1 heterocycles. The highest BCUT2D eigenvalue weighted by atomic mass is 16.7. The molecular weight excluding hydrogens is 412 g/mol. The lowest BCUT2D eigenvalue weighted by Crippen LogP contribution is -2.36. The molecule has 3 rings (SSSR count). The Hall–Kier alpha value is -2.38. The maximum Gasteiger partial charge on any atom is 0.336 e. The fourth-order valence-corrected chi connectivity index (χ4v) is 4.47. The van der Waals surface area contributed by atoms with E-state index in [4.69, 9.17) is 24.4 Å². The molecule has 7 heteroatoms. The molecule has 7 nitrogen and oxygen atoms in total. The average molecular weight is 447 g/mol. The standard InChI is InChI=1S/C25H34O7/c1-2-3-4-7-17-11-13-18(14-12-17)8-6-15-30-20-10-5-9-19(16-20)25-31-21(23(26)27)22(32-25)24(28)29/h5-6,8-10,16-18,21-22,25H,2-4,7,11-15H2,1H3,(H,26,27)(H,28,29)/b8-6+/t17?,18?,21-,22-/m1/s1. The first-order chi connectivity index (χ1) is 15.5. The van der Waals surface area contributed by atoms with Crippen molar-refractivity contribution in [3.63, 3.8) is 0 Å². The Morgan fingerprint density at radius 1 is 1.06 bits per heavy atom. The Bertz CT molecular complexity index is 760. The van der Waals surface area contributed by atoms with Gasteiger partial charge in [0.05, 0.1) is 0 Å². The molecule has 0 unspecified atom stereocenters. The van der Waals surface area contributed by atoms with E-state index in [0.29, 0.717) is 23.8 Å². The van der Waals surface area contributed by atoms with Crippen LogP contribution in [0.25, 0.3) is 0 Å². The minimum Gasteiger partial charge on any atom is -0.490 e. The Labute approximate surface area is 189 Å². The molecule has 0 aromatic heterocycles. The summed E-state index contributed by atoms with van der Waals surface area (Å²) in [4.78, 5) is 22.5. The van der Waals surface area contributed by atoms with E-state index in [1.54, 1.807) is 24.3 Å². The first-order valence-electron chi connectivity index (χ1n) is 11.6. The van der Waals surface area contributed by atoms with E-state index < -0.39 is 30.4 Å². The maximum absolute atomic E-state index is 11.2. The van der Waals surface area contributed by atoms with Crippen LogP contribution in [0, 0.1) is 11.8 Å². The Morgan fingerprint density at radius 3 is 2.38 bits per heavy atom. The van der Waals surface area contributed by atoms with Crippen molar-refractivity contribution in [1.82, 2.24) is 0 Å². The van der Waals surface area contributed by atoms with Gasteiger partial charge in [-0.3, -0.25) is 0 Å². The van der Waals surface area contributed by atoms with Crippen molar-refractivity contribution in [2.45, 2.75) is 76.8 Å². The largest absolute Gasteiger partial charge is 0.490 e. The molecule has 2 N–H and O–H groups in total. The first kappa shape index (κ1) is 24.3. The number of benzene rings is 1. The van der Waals surface area contributed by atoms with Gasteiger partial charge >= 0.3 is 11.9 Å². The third-order valence-corrected chi connectivity index (χ3v) is 6.29. The molecule has 1 aliphatic carbocycles. The number of aliphatic carboxylic acids is 2. The predicted octanol–water partition coefficient (Wildman–Crippen LogP) is 4.96. The zero-order chi connectivity index (χ0) is 22.9. The van der Waals surface area contributed by atoms with Crippen molar-refractivity contribution in [2.75, 3.05) is 6.61 Å². The highest BCUT2D eigenvalue weighted by Crippen LogP contribution is 2.34. The summed E-state index contributed by atoms with van der Waals surface area (Å²) in [5, 5.41) is 18.3. The van der Waals surface area contributed by atoms with Gasteiger partial charge in [-0.15, -0.1) is 0 Å². The molecule has 176 valence electrons. The van der Waals surface area contributed by atoms with Crippen molar-refractivity contribution >= 4 is 11.9 Å². The van der Waals surface area contributed by atoms with Gasteiger partial charge in [-0.25, -0.2) is 9.59 Å². The summed E-state index contributed by atoms with van der Waals surface area (Å²) >= 11 is 0. The van der Waals surface area contributed by atoms with Crippen molar-refractivity contribution in [3.05, 3.63) is 42.0 Å². The predicted molar refractivity (Wildman–Crippen MR) is 118 cm³/mol. The second kappa shape index (κ2) is 12.0. The van der Waals surface area contributed by atoms with Crippen molar-refractivity contribution in [1.29, 1.82) is 0 Å². The van der Waals surface area contributed by atoms with E-state index in [1.165, 1.54) is 51.4 Å². The lowest BCUT2D eigenvalue weighted by molar-refractivity contribution is -0.156. The number of carboxylic acid groups (broad SMARTS) is 2. The molecule has 0 radical (unpaired) electrons. The van der Waals surface area contributed by atoms with Gasteiger partial charge in [0.1, 0.15) is 12.4 Å². The van der Waals surface area contributed by atoms with Gasteiger partial charge in [-0.2, -0.15) is 0 Å². The van der Waals surface area contributed by atoms with E-state index in [1.807, 2.05) is 0 Å². The highest BCUT2D eigenvalue weighted by molar-refractivity contribution is 5.84. The van der Waals surface area contributed by atoms with Gasteiger partial charge in [0.2, 0.25) is 0 Å². The Kier molecular flexibility index (Phi) is 9.11. The molecule has 2 atom stereocenters. The summed E-state index contributed by atoms with van der Waals surface area (Å²) in [6.07, 6.45) is 10.6. The fourth-order valence-electron chi connectivity index (χ4n) is 4.47. The van der Waals surface area contributed by atoms with Crippen LogP contribution in [0.2, 0.25) is 0 Å². The second-order valence-corrected chi connectivity index (χ2v) is 8.71. The van der Waals surface area contributed by atoms with E-state index in [2.05, 4.69) is 19.1 Å². The second-order valence-electron chi connectivity index (χ2n) is 8.71. The minimum atomic E-state index is -1.55. The van der Waals surface area contributed by atoms with Crippen LogP contribution in [0.4, 0.5) is 0 Å². The first-order valence-corrected chi connectivity index (χ1v) is 11.6. The third kappa shape index (κ3) is 6.81. The van der Waals surface area contributed by atoms with Crippen molar-refractivity contribution in [2.24, 2.45) is 11.8 Å². The molecule has 1 saturated heterocycles. The average Bonchev–Trinajstić information content (AvgIpc) is 3.25. The SMILES string of the molecule is CCCCCC1CCC(/C=C/COc2cccc(C3O[C@@H](C(=O)O)[C@H](C(=O)O)O3)c2)CC1. The Balaban J connectivity index is 1.45. The van der Waals surface area contributed by atoms with Crippen molar-refractivity contribution < 1.29 is 34.0 Å². The van der Waals surface area contributed by atoms with Gasteiger partial charge in [0, 0.05) is 5.56 Å². The molecule has 32 heavy (non-hydrogen) atoms. The van der Waals surface area contributed by atoms with Crippen LogP contribution >= 0.6 is 0 Å². The van der Waals surface area contributed by atoms with Crippen molar-refractivity contribution in [3.8, 4) is 5.75 Å². The topological polar surface area (TPSA) is 102 Å². The summed E-state index contributed by atoms with van der Waals surface area (Å²) in [5.41, 5.74) is 0.517. The van der Waals surface area contributed by atoms with Gasteiger partial charge in [0.15, 0.2) is 18.5 Å². The number of hydrogen-bond donors (Lipinski definition) is 2. The number of carboxylic acids is 2. The smallest absolute Gasteiger partial charge is 0.336 e. The van der Waals surface area contributed by atoms with Gasteiger partial charge in [-0.1, -0.05) is 56.9 Å². The molecule has 2 fully saturated rings. The number of unbranched alkanes of at least 4 members (excludes halogenated alkanes) is 2. The zero-order valence-corrected chi connectivity index (χ0v) is 18.7. The highest BCUT2D eigenvalue weighted by Gasteiger charge is 2.46. The minimum absolute atomic E-state index is 0.432.